The van der Waals surface area contributed by atoms with Crippen molar-refractivity contribution in [2.45, 2.75) is 12.7 Å². The molecule has 3 aromatic rings. The Hall–Kier alpha value is -3.27. The number of nitrogens with zero attached hydrogens (tertiary/aromatic N) is 2. The van der Waals surface area contributed by atoms with Gasteiger partial charge < -0.3 is 4.42 Å². The average Bonchev–Trinajstić information content (AvgIpc) is 3.10. The number of rotatable bonds is 3. The summed E-state index contributed by atoms with van der Waals surface area (Å²) < 4.78 is 46.1. The molecule has 0 bridgehead atoms. The molecule has 0 aliphatic heterocycles. The van der Waals surface area contributed by atoms with Crippen LogP contribution in [-0.2, 0) is 12.7 Å². The highest BCUT2D eigenvalue weighted by Crippen LogP contribution is 2.33. The monoisotopic (exact) mass is 344 g/mol. The van der Waals surface area contributed by atoms with Crippen LogP contribution in [0.3, 0.4) is 0 Å². The fourth-order valence-corrected chi connectivity index (χ4v) is 2.53. The van der Waals surface area contributed by atoms with Gasteiger partial charge in [-0.1, -0.05) is 30.3 Å². The summed E-state index contributed by atoms with van der Waals surface area (Å²) in [6, 6.07) is 13.9. The Labute approximate surface area is 140 Å². The van der Waals surface area contributed by atoms with Crippen molar-refractivity contribution < 1.29 is 17.6 Å². The predicted octanol–water partition coefficient (Wildman–Crippen LogP) is 4.05. The second-order valence-corrected chi connectivity index (χ2v) is 5.28. The standard InChI is InChI=1S/C18H11F3N2O2/c19-18(20,21)14-9-15(16-7-4-8-25-16)23(17(24)13(14)10-22)11-12-5-2-1-3-6-12/h1-9H,11H2. The Morgan fingerprint density at radius 1 is 1.12 bits per heavy atom. The Kier molecular flexibility index (Phi) is 4.19. The molecule has 7 heteroatoms. The minimum Gasteiger partial charge on any atom is -0.463 e. The molecule has 0 fully saturated rings. The third-order valence-electron chi connectivity index (χ3n) is 3.67. The van der Waals surface area contributed by atoms with Crippen molar-refractivity contribution in [3.63, 3.8) is 0 Å². The van der Waals surface area contributed by atoms with Crippen LogP contribution in [0.15, 0.2) is 64.0 Å². The van der Waals surface area contributed by atoms with E-state index in [2.05, 4.69) is 0 Å². The van der Waals surface area contributed by atoms with Crippen LogP contribution >= 0.6 is 0 Å². The number of pyridine rings is 1. The summed E-state index contributed by atoms with van der Waals surface area (Å²) >= 11 is 0. The topological polar surface area (TPSA) is 58.9 Å². The molecule has 4 nitrogen and oxygen atoms in total. The minimum absolute atomic E-state index is 0.0164. The normalized spacial score (nSPS) is 11.3. The second kappa shape index (κ2) is 6.32. The minimum atomic E-state index is -4.82. The first kappa shape index (κ1) is 16.6. The first-order chi connectivity index (χ1) is 11.9. The van der Waals surface area contributed by atoms with E-state index in [1.54, 1.807) is 30.3 Å². The van der Waals surface area contributed by atoms with Crippen LogP contribution in [-0.4, -0.2) is 4.57 Å². The molecule has 3 rings (SSSR count). The Bertz CT molecular complexity index is 982. The fraction of sp³-hybridized carbons (Fsp3) is 0.111. The SMILES string of the molecule is N#Cc1c(C(F)(F)F)cc(-c2ccco2)n(Cc2ccccc2)c1=O. The lowest BCUT2D eigenvalue weighted by Crippen LogP contribution is -2.28. The van der Waals surface area contributed by atoms with E-state index in [1.165, 1.54) is 24.5 Å². The van der Waals surface area contributed by atoms with Crippen LogP contribution in [0, 0.1) is 11.3 Å². The van der Waals surface area contributed by atoms with Crippen LogP contribution < -0.4 is 5.56 Å². The van der Waals surface area contributed by atoms with Gasteiger partial charge in [0.1, 0.15) is 17.4 Å². The van der Waals surface area contributed by atoms with Crippen molar-refractivity contribution in [2.75, 3.05) is 0 Å². The van der Waals surface area contributed by atoms with Crippen molar-refractivity contribution in [1.29, 1.82) is 5.26 Å². The van der Waals surface area contributed by atoms with Gasteiger partial charge in [-0.05, 0) is 23.8 Å². The smallest absolute Gasteiger partial charge is 0.417 e. The van der Waals surface area contributed by atoms with Crippen LogP contribution in [0.5, 0.6) is 0 Å². The number of hydrogen-bond donors (Lipinski definition) is 0. The van der Waals surface area contributed by atoms with Crippen molar-refractivity contribution in [1.82, 2.24) is 4.57 Å². The largest absolute Gasteiger partial charge is 0.463 e. The fourth-order valence-electron chi connectivity index (χ4n) is 2.53. The van der Waals surface area contributed by atoms with E-state index in [-0.39, 0.29) is 18.0 Å². The predicted molar refractivity (Wildman–Crippen MR) is 83.7 cm³/mol. The van der Waals surface area contributed by atoms with Crippen molar-refractivity contribution in [3.05, 3.63) is 81.8 Å². The zero-order chi connectivity index (χ0) is 18.0. The van der Waals surface area contributed by atoms with Gasteiger partial charge in [0, 0.05) is 0 Å². The number of aromatic nitrogens is 1. The quantitative estimate of drug-likeness (QED) is 0.720. The lowest BCUT2D eigenvalue weighted by Gasteiger charge is -2.16. The van der Waals surface area contributed by atoms with Gasteiger partial charge >= 0.3 is 6.18 Å². The molecule has 0 saturated carbocycles. The van der Waals surface area contributed by atoms with E-state index >= 15 is 0 Å². The molecule has 0 spiro atoms. The summed E-state index contributed by atoms with van der Waals surface area (Å²) in [4.78, 5) is 12.6. The molecule has 0 atom stereocenters. The molecule has 0 N–H and O–H groups in total. The second-order valence-electron chi connectivity index (χ2n) is 5.28. The maximum Gasteiger partial charge on any atom is 0.417 e. The van der Waals surface area contributed by atoms with Crippen molar-refractivity contribution in [2.24, 2.45) is 0 Å². The molecule has 0 aliphatic carbocycles. The number of furan rings is 1. The van der Waals surface area contributed by atoms with E-state index in [1.807, 2.05) is 0 Å². The molecule has 0 amide bonds. The number of halogens is 3. The van der Waals surface area contributed by atoms with E-state index in [9.17, 15) is 18.0 Å². The first-order valence-corrected chi connectivity index (χ1v) is 7.24. The first-order valence-electron chi connectivity index (χ1n) is 7.24. The number of hydrogen-bond acceptors (Lipinski definition) is 3. The molecule has 2 aromatic heterocycles. The summed E-state index contributed by atoms with van der Waals surface area (Å²) in [5.41, 5.74) is -2.53. The van der Waals surface area contributed by atoms with Gasteiger partial charge in [0.25, 0.3) is 5.56 Å². The lowest BCUT2D eigenvalue weighted by molar-refractivity contribution is -0.137. The summed E-state index contributed by atoms with van der Waals surface area (Å²) in [6.45, 7) is 0.0164. The molecular weight excluding hydrogens is 333 g/mol. The highest BCUT2D eigenvalue weighted by molar-refractivity contribution is 5.57. The Balaban J connectivity index is 2.29. The highest BCUT2D eigenvalue weighted by atomic mass is 19.4. The molecule has 1 aromatic carbocycles. The molecule has 0 saturated heterocycles. The van der Waals surface area contributed by atoms with E-state index in [0.29, 0.717) is 5.56 Å². The molecule has 0 unspecified atom stereocenters. The van der Waals surface area contributed by atoms with E-state index in [4.69, 9.17) is 9.68 Å². The van der Waals surface area contributed by atoms with Crippen LogP contribution in [0.2, 0.25) is 0 Å². The summed E-state index contributed by atoms with van der Waals surface area (Å²) in [5.74, 6) is 0.114. The lowest BCUT2D eigenvalue weighted by atomic mass is 10.1. The third kappa shape index (κ3) is 3.19. The molecular formula is C18H11F3N2O2. The third-order valence-corrected chi connectivity index (χ3v) is 3.67. The van der Waals surface area contributed by atoms with Gasteiger partial charge in [0.2, 0.25) is 0 Å². The number of alkyl halides is 3. The summed E-state index contributed by atoms with van der Waals surface area (Å²) in [5, 5.41) is 9.09. The molecule has 0 radical (unpaired) electrons. The molecule has 126 valence electrons. The molecule has 0 aliphatic rings. The molecule has 2 heterocycles. The van der Waals surface area contributed by atoms with Crippen LogP contribution in [0.25, 0.3) is 11.5 Å². The van der Waals surface area contributed by atoms with Gasteiger partial charge in [-0.2, -0.15) is 18.4 Å². The van der Waals surface area contributed by atoms with Crippen molar-refractivity contribution >= 4 is 0 Å². The maximum atomic E-state index is 13.3. The zero-order valence-corrected chi connectivity index (χ0v) is 12.7. The average molecular weight is 344 g/mol. The van der Waals surface area contributed by atoms with Crippen LogP contribution in [0.1, 0.15) is 16.7 Å². The number of nitriles is 1. The van der Waals surface area contributed by atoms with Gasteiger partial charge in [-0.3, -0.25) is 9.36 Å². The highest BCUT2D eigenvalue weighted by Gasteiger charge is 2.36. The molecule has 25 heavy (non-hydrogen) atoms. The van der Waals surface area contributed by atoms with E-state index in [0.717, 1.165) is 10.6 Å². The van der Waals surface area contributed by atoms with Crippen molar-refractivity contribution in [3.8, 4) is 17.5 Å². The zero-order valence-electron chi connectivity index (χ0n) is 12.7. The maximum absolute atomic E-state index is 13.3. The van der Waals surface area contributed by atoms with Crippen LogP contribution in [0.4, 0.5) is 13.2 Å². The Morgan fingerprint density at radius 2 is 1.84 bits per heavy atom. The van der Waals surface area contributed by atoms with Gasteiger partial charge in [0.15, 0.2) is 0 Å². The Morgan fingerprint density at radius 3 is 2.40 bits per heavy atom. The summed E-state index contributed by atoms with van der Waals surface area (Å²) in [6.07, 6.45) is -3.52. The number of benzene rings is 1. The van der Waals surface area contributed by atoms with Gasteiger partial charge in [0.05, 0.1) is 24.1 Å². The van der Waals surface area contributed by atoms with Gasteiger partial charge in [-0.15, -0.1) is 0 Å². The van der Waals surface area contributed by atoms with Gasteiger partial charge in [-0.25, -0.2) is 0 Å². The van der Waals surface area contributed by atoms with E-state index < -0.39 is 22.9 Å². The summed E-state index contributed by atoms with van der Waals surface area (Å²) in [7, 11) is 0.